The first-order valence-electron chi connectivity index (χ1n) is 5.69. The SMILES string of the molecule is CCOCCC(=O)Cc1cccc(C(F)(F)F)c1. The van der Waals surface area contributed by atoms with E-state index in [1.807, 2.05) is 6.92 Å². The molecule has 0 bridgehead atoms. The van der Waals surface area contributed by atoms with Crippen molar-refractivity contribution in [1.82, 2.24) is 0 Å². The van der Waals surface area contributed by atoms with Crippen LogP contribution < -0.4 is 0 Å². The number of rotatable bonds is 6. The van der Waals surface area contributed by atoms with Gasteiger partial charge < -0.3 is 4.74 Å². The van der Waals surface area contributed by atoms with Crippen molar-refractivity contribution in [1.29, 1.82) is 0 Å². The molecule has 1 rings (SSSR count). The summed E-state index contributed by atoms with van der Waals surface area (Å²) in [5.74, 6) is -0.122. The van der Waals surface area contributed by atoms with E-state index >= 15 is 0 Å². The lowest BCUT2D eigenvalue weighted by atomic mass is 10.0. The van der Waals surface area contributed by atoms with E-state index in [2.05, 4.69) is 0 Å². The van der Waals surface area contributed by atoms with E-state index in [0.29, 0.717) is 18.8 Å². The van der Waals surface area contributed by atoms with Crippen LogP contribution in [-0.4, -0.2) is 19.0 Å². The maximum absolute atomic E-state index is 12.4. The van der Waals surface area contributed by atoms with Crippen LogP contribution in [0.15, 0.2) is 24.3 Å². The van der Waals surface area contributed by atoms with E-state index in [4.69, 9.17) is 4.74 Å². The fourth-order valence-electron chi connectivity index (χ4n) is 1.50. The van der Waals surface area contributed by atoms with E-state index in [-0.39, 0.29) is 18.6 Å². The molecule has 0 heterocycles. The first-order valence-corrected chi connectivity index (χ1v) is 5.69. The van der Waals surface area contributed by atoms with Gasteiger partial charge in [0.2, 0.25) is 0 Å². The summed E-state index contributed by atoms with van der Waals surface area (Å²) in [6.45, 7) is 2.66. The second-order valence-corrected chi connectivity index (χ2v) is 3.86. The molecule has 2 nitrogen and oxygen atoms in total. The third kappa shape index (κ3) is 4.87. The van der Waals surface area contributed by atoms with Gasteiger partial charge in [0.05, 0.1) is 12.2 Å². The molecule has 0 aliphatic rings. The number of halogens is 3. The molecule has 0 saturated heterocycles. The molecule has 0 fully saturated rings. The second-order valence-electron chi connectivity index (χ2n) is 3.86. The minimum Gasteiger partial charge on any atom is -0.381 e. The lowest BCUT2D eigenvalue weighted by Gasteiger charge is -2.08. The normalized spacial score (nSPS) is 11.6. The number of hydrogen-bond acceptors (Lipinski definition) is 2. The van der Waals surface area contributed by atoms with Gasteiger partial charge in [0, 0.05) is 19.4 Å². The van der Waals surface area contributed by atoms with Crippen molar-refractivity contribution in [2.24, 2.45) is 0 Å². The Bertz CT molecular complexity index is 399. The second kappa shape index (κ2) is 6.54. The first kappa shape index (κ1) is 14.7. The van der Waals surface area contributed by atoms with Crippen LogP contribution in [0, 0.1) is 0 Å². The average molecular weight is 260 g/mol. The highest BCUT2D eigenvalue weighted by molar-refractivity contribution is 5.80. The molecule has 0 N–H and O–H groups in total. The molecule has 0 amide bonds. The van der Waals surface area contributed by atoms with Gasteiger partial charge in [-0.1, -0.05) is 18.2 Å². The van der Waals surface area contributed by atoms with Crippen LogP contribution in [0.4, 0.5) is 13.2 Å². The van der Waals surface area contributed by atoms with Gasteiger partial charge in [-0.2, -0.15) is 13.2 Å². The Morgan fingerprint density at radius 2 is 2.06 bits per heavy atom. The van der Waals surface area contributed by atoms with Crippen molar-refractivity contribution >= 4 is 5.78 Å². The summed E-state index contributed by atoms with van der Waals surface area (Å²) in [5.41, 5.74) is -0.344. The van der Waals surface area contributed by atoms with Crippen LogP contribution in [-0.2, 0) is 22.1 Å². The third-order valence-corrected chi connectivity index (χ3v) is 2.38. The largest absolute Gasteiger partial charge is 0.416 e. The molecule has 0 unspecified atom stereocenters. The Labute approximate surface area is 104 Å². The number of ketones is 1. The molecular weight excluding hydrogens is 245 g/mol. The molecule has 18 heavy (non-hydrogen) atoms. The topological polar surface area (TPSA) is 26.3 Å². The molecule has 0 spiro atoms. The zero-order valence-electron chi connectivity index (χ0n) is 10.1. The fraction of sp³-hybridized carbons (Fsp3) is 0.462. The summed E-state index contributed by atoms with van der Waals surface area (Å²) in [6.07, 6.45) is -4.13. The lowest BCUT2D eigenvalue weighted by molar-refractivity contribution is -0.137. The smallest absolute Gasteiger partial charge is 0.381 e. The Hall–Kier alpha value is -1.36. The number of ether oxygens (including phenoxy) is 1. The van der Waals surface area contributed by atoms with Gasteiger partial charge in [0.15, 0.2) is 0 Å². The predicted molar refractivity (Wildman–Crippen MR) is 61.3 cm³/mol. The maximum atomic E-state index is 12.4. The number of carbonyl (C=O) groups is 1. The highest BCUT2D eigenvalue weighted by Crippen LogP contribution is 2.29. The first-order chi connectivity index (χ1) is 8.43. The van der Waals surface area contributed by atoms with Gasteiger partial charge >= 0.3 is 6.18 Å². The highest BCUT2D eigenvalue weighted by Gasteiger charge is 2.30. The van der Waals surface area contributed by atoms with Gasteiger partial charge in [-0.3, -0.25) is 4.79 Å². The summed E-state index contributed by atoms with van der Waals surface area (Å²) in [7, 11) is 0. The summed E-state index contributed by atoms with van der Waals surface area (Å²) in [6, 6.07) is 4.84. The van der Waals surface area contributed by atoms with Gasteiger partial charge in [0.25, 0.3) is 0 Å². The molecule has 0 aromatic heterocycles. The van der Waals surface area contributed by atoms with Gasteiger partial charge in [0.1, 0.15) is 5.78 Å². The Morgan fingerprint density at radius 1 is 1.33 bits per heavy atom. The van der Waals surface area contributed by atoms with Crippen LogP contribution in [0.2, 0.25) is 0 Å². The van der Waals surface area contributed by atoms with Crippen molar-refractivity contribution in [3.05, 3.63) is 35.4 Å². The van der Waals surface area contributed by atoms with Crippen molar-refractivity contribution in [3.63, 3.8) is 0 Å². The van der Waals surface area contributed by atoms with E-state index in [0.717, 1.165) is 12.1 Å². The highest BCUT2D eigenvalue weighted by atomic mass is 19.4. The average Bonchev–Trinajstić information content (AvgIpc) is 2.28. The zero-order valence-corrected chi connectivity index (χ0v) is 10.1. The number of Topliss-reactive ketones (excluding diaryl/α,β-unsaturated/α-hetero) is 1. The zero-order chi connectivity index (χ0) is 13.6. The molecule has 0 atom stereocenters. The van der Waals surface area contributed by atoms with Crippen molar-refractivity contribution in [2.75, 3.05) is 13.2 Å². The van der Waals surface area contributed by atoms with Crippen LogP contribution in [0.5, 0.6) is 0 Å². The fourth-order valence-corrected chi connectivity index (χ4v) is 1.50. The Kier molecular flexibility index (Phi) is 5.34. The van der Waals surface area contributed by atoms with E-state index in [1.165, 1.54) is 12.1 Å². The number of benzene rings is 1. The monoisotopic (exact) mass is 260 g/mol. The van der Waals surface area contributed by atoms with E-state index < -0.39 is 11.7 Å². The molecular formula is C13H15F3O2. The molecule has 1 aromatic carbocycles. The van der Waals surface area contributed by atoms with Crippen LogP contribution in [0.3, 0.4) is 0 Å². The molecule has 0 aliphatic carbocycles. The summed E-state index contributed by atoms with van der Waals surface area (Å²) < 4.78 is 42.4. The Morgan fingerprint density at radius 3 is 2.67 bits per heavy atom. The van der Waals surface area contributed by atoms with Crippen molar-refractivity contribution in [3.8, 4) is 0 Å². The van der Waals surface area contributed by atoms with Crippen LogP contribution in [0.1, 0.15) is 24.5 Å². The molecule has 1 aromatic rings. The molecule has 0 radical (unpaired) electrons. The minimum atomic E-state index is -4.37. The molecule has 0 saturated carbocycles. The number of alkyl halides is 3. The van der Waals surface area contributed by atoms with Crippen molar-refractivity contribution in [2.45, 2.75) is 25.9 Å². The summed E-state index contributed by atoms with van der Waals surface area (Å²) >= 11 is 0. The Balaban J connectivity index is 2.60. The predicted octanol–water partition coefficient (Wildman–Crippen LogP) is 3.24. The van der Waals surface area contributed by atoms with Gasteiger partial charge in [-0.15, -0.1) is 0 Å². The van der Waals surface area contributed by atoms with Gasteiger partial charge in [-0.05, 0) is 18.6 Å². The van der Waals surface area contributed by atoms with Crippen molar-refractivity contribution < 1.29 is 22.7 Å². The molecule has 5 heteroatoms. The van der Waals surface area contributed by atoms with E-state index in [9.17, 15) is 18.0 Å². The lowest BCUT2D eigenvalue weighted by Crippen LogP contribution is -2.09. The van der Waals surface area contributed by atoms with Gasteiger partial charge in [-0.25, -0.2) is 0 Å². The standard InChI is InChI=1S/C13H15F3O2/c1-2-18-7-6-12(17)9-10-4-3-5-11(8-10)13(14,15)16/h3-5,8H,2,6-7,9H2,1H3. The van der Waals surface area contributed by atoms with Crippen LogP contribution >= 0.6 is 0 Å². The summed E-state index contributed by atoms with van der Waals surface area (Å²) in [5, 5.41) is 0. The number of hydrogen-bond donors (Lipinski definition) is 0. The van der Waals surface area contributed by atoms with E-state index in [1.54, 1.807) is 0 Å². The quantitative estimate of drug-likeness (QED) is 0.734. The number of carbonyl (C=O) groups excluding carboxylic acids is 1. The molecule has 100 valence electrons. The molecule has 0 aliphatic heterocycles. The minimum absolute atomic E-state index is 0.0109. The summed E-state index contributed by atoms with van der Waals surface area (Å²) in [4.78, 5) is 11.5. The maximum Gasteiger partial charge on any atom is 0.416 e. The van der Waals surface area contributed by atoms with Crippen LogP contribution in [0.25, 0.3) is 0 Å². The third-order valence-electron chi connectivity index (χ3n) is 2.38.